The zero-order valence-corrected chi connectivity index (χ0v) is 15.9. The van der Waals surface area contributed by atoms with E-state index in [1.54, 1.807) is 30.7 Å². The topological polar surface area (TPSA) is 63.6 Å². The molecule has 0 bridgehead atoms. The first-order chi connectivity index (χ1) is 13.8. The first-order valence-electron chi connectivity index (χ1n) is 8.65. The molecule has 5 nitrogen and oxygen atoms in total. The second-order valence-corrected chi connectivity index (χ2v) is 6.81. The minimum Gasteiger partial charge on any atom is -0.496 e. The molecule has 1 N–H and O–H groups in total. The molecular formula is C22H17N3O2S. The number of pyridine rings is 1. The van der Waals surface area contributed by atoms with Gasteiger partial charge in [-0.25, -0.2) is 10.4 Å². The van der Waals surface area contributed by atoms with E-state index in [1.165, 1.54) is 0 Å². The SMILES string of the molecule is COc1ccccc1-c1cc(C(=O)N/N=C\c2ccsc2)c2ccccc2n1. The van der Waals surface area contributed by atoms with Gasteiger partial charge in [0.1, 0.15) is 5.75 Å². The van der Waals surface area contributed by atoms with Crippen LogP contribution in [0.4, 0.5) is 0 Å². The number of nitrogens with one attached hydrogen (secondary N) is 1. The van der Waals surface area contributed by atoms with Crippen LogP contribution in [-0.4, -0.2) is 24.2 Å². The average Bonchev–Trinajstić information content (AvgIpc) is 3.26. The second kappa shape index (κ2) is 8.02. The third-order valence-electron chi connectivity index (χ3n) is 4.27. The van der Waals surface area contributed by atoms with E-state index in [1.807, 2.05) is 65.4 Å². The smallest absolute Gasteiger partial charge is 0.272 e. The number of thiophene rings is 1. The number of amides is 1. The van der Waals surface area contributed by atoms with Crippen molar-refractivity contribution in [1.29, 1.82) is 0 Å². The van der Waals surface area contributed by atoms with Gasteiger partial charge in [-0.05, 0) is 41.1 Å². The van der Waals surface area contributed by atoms with Crippen LogP contribution in [0.3, 0.4) is 0 Å². The molecule has 0 saturated carbocycles. The Balaban J connectivity index is 1.75. The maximum Gasteiger partial charge on any atom is 0.272 e. The van der Waals surface area contributed by atoms with Gasteiger partial charge in [-0.15, -0.1) is 0 Å². The molecular weight excluding hydrogens is 370 g/mol. The van der Waals surface area contributed by atoms with Gasteiger partial charge in [-0.3, -0.25) is 4.79 Å². The molecule has 2 aromatic heterocycles. The van der Waals surface area contributed by atoms with Crippen LogP contribution in [0.2, 0.25) is 0 Å². The number of aromatic nitrogens is 1. The lowest BCUT2D eigenvalue weighted by molar-refractivity contribution is 0.0956. The molecule has 1 amide bonds. The highest BCUT2D eigenvalue weighted by molar-refractivity contribution is 7.08. The summed E-state index contributed by atoms with van der Waals surface area (Å²) in [5.74, 6) is 0.411. The summed E-state index contributed by atoms with van der Waals surface area (Å²) >= 11 is 1.58. The zero-order valence-electron chi connectivity index (χ0n) is 15.1. The Labute approximate surface area is 166 Å². The summed E-state index contributed by atoms with van der Waals surface area (Å²) in [6, 6.07) is 18.9. The second-order valence-electron chi connectivity index (χ2n) is 6.03. The summed E-state index contributed by atoms with van der Waals surface area (Å²) in [6.07, 6.45) is 1.62. The lowest BCUT2D eigenvalue weighted by Crippen LogP contribution is -2.18. The largest absolute Gasteiger partial charge is 0.496 e. The number of rotatable bonds is 5. The van der Waals surface area contributed by atoms with E-state index >= 15 is 0 Å². The molecule has 4 rings (SSSR count). The fraction of sp³-hybridized carbons (Fsp3) is 0.0455. The van der Waals surface area contributed by atoms with Gasteiger partial charge < -0.3 is 4.74 Å². The van der Waals surface area contributed by atoms with Gasteiger partial charge >= 0.3 is 0 Å². The van der Waals surface area contributed by atoms with Gasteiger partial charge in [-0.2, -0.15) is 16.4 Å². The Kier molecular flexibility index (Phi) is 5.12. The number of methoxy groups -OCH3 is 1. The fourth-order valence-electron chi connectivity index (χ4n) is 2.93. The Morgan fingerprint density at radius 1 is 1.14 bits per heavy atom. The predicted molar refractivity (Wildman–Crippen MR) is 113 cm³/mol. The quantitative estimate of drug-likeness (QED) is 0.397. The number of hydrazone groups is 1. The van der Waals surface area contributed by atoms with Crippen LogP contribution in [0.5, 0.6) is 5.75 Å². The molecule has 28 heavy (non-hydrogen) atoms. The molecule has 0 aliphatic heterocycles. The van der Waals surface area contributed by atoms with Gasteiger partial charge in [0.05, 0.1) is 30.1 Å². The minimum atomic E-state index is -0.291. The molecule has 2 heterocycles. The highest BCUT2D eigenvalue weighted by atomic mass is 32.1. The van der Waals surface area contributed by atoms with Gasteiger partial charge in [0, 0.05) is 16.5 Å². The van der Waals surface area contributed by atoms with E-state index in [0.29, 0.717) is 17.0 Å². The third-order valence-corrected chi connectivity index (χ3v) is 4.97. The Hall–Kier alpha value is -3.51. The van der Waals surface area contributed by atoms with Crippen molar-refractivity contribution in [2.45, 2.75) is 0 Å². The standard InChI is InChI=1S/C22H17N3O2S/c1-27-21-9-5-3-7-17(21)20-12-18(16-6-2-4-8-19(16)24-20)22(26)25-23-13-15-10-11-28-14-15/h2-14H,1H3,(H,25,26)/b23-13-. The predicted octanol–water partition coefficient (Wildman–Crippen LogP) is 4.74. The molecule has 2 aromatic carbocycles. The normalized spacial score (nSPS) is 11.0. The molecule has 0 fully saturated rings. The highest BCUT2D eigenvalue weighted by Gasteiger charge is 2.15. The summed E-state index contributed by atoms with van der Waals surface area (Å²) in [5, 5.41) is 8.75. The van der Waals surface area contributed by atoms with E-state index in [-0.39, 0.29) is 5.91 Å². The first kappa shape index (κ1) is 17.9. The van der Waals surface area contributed by atoms with Crippen molar-refractivity contribution in [3.8, 4) is 17.0 Å². The Morgan fingerprint density at radius 2 is 1.96 bits per heavy atom. The molecule has 138 valence electrons. The summed E-state index contributed by atoms with van der Waals surface area (Å²) in [6.45, 7) is 0. The van der Waals surface area contributed by atoms with E-state index < -0.39 is 0 Å². The number of carbonyl (C=O) groups excluding carboxylic acids is 1. The highest BCUT2D eigenvalue weighted by Crippen LogP contribution is 2.31. The van der Waals surface area contributed by atoms with Crippen LogP contribution >= 0.6 is 11.3 Å². The molecule has 0 radical (unpaired) electrons. The van der Waals surface area contributed by atoms with Crippen LogP contribution < -0.4 is 10.2 Å². The van der Waals surface area contributed by atoms with Crippen LogP contribution in [0.15, 0.2) is 76.5 Å². The van der Waals surface area contributed by atoms with Crippen LogP contribution in [0.1, 0.15) is 15.9 Å². The Bertz CT molecular complexity index is 1150. The number of para-hydroxylation sites is 2. The summed E-state index contributed by atoms with van der Waals surface area (Å²) < 4.78 is 5.46. The number of benzene rings is 2. The number of fused-ring (bicyclic) bond motifs is 1. The van der Waals surface area contributed by atoms with E-state index in [4.69, 9.17) is 9.72 Å². The molecule has 0 aliphatic rings. The molecule has 0 spiro atoms. The summed E-state index contributed by atoms with van der Waals surface area (Å²) in [7, 11) is 1.62. The van der Waals surface area contributed by atoms with Crippen molar-refractivity contribution in [3.05, 3.63) is 82.6 Å². The molecule has 0 aliphatic carbocycles. The summed E-state index contributed by atoms with van der Waals surface area (Å²) in [4.78, 5) is 17.6. The number of hydrogen-bond donors (Lipinski definition) is 1. The lowest BCUT2D eigenvalue weighted by atomic mass is 10.0. The molecule has 0 saturated heterocycles. The van der Waals surface area contributed by atoms with E-state index in [9.17, 15) is 4.79 Å². The third kappa shape index (κ3) is 3.63. The maximum absolute atomic E-state index is 12.8. The summed E-state index contributed by atoms with van der Waals surface area (Å²) in [5.41, 5.74) is 6.29. The van der Waals surface area contributed by atoms with E-state index in [2.05, 4.69) is 10.5 Å². The lowest BCUT2D eigenvalue weighted by Gasteiger charge is -2.11. The number of hydrogen-bond acceptors (Lipinski definition) is 5. The fourth-order valence-corrected chi connectivity index (χ4v) is 3.54. The van der Waals surface area contributed by atoms with Crippen molar-refractivity contribution in [1.82, 2.24) is 10.4 Å². The van der Waals surface area contributed by atoms with Crippen molar-refractivity contribution < 1.29 is 9.53 Å². The number of ether oxygens (including phenoxy) is 1. The van der Waals surface area contributed by atoms with Gasteiger partial charge in [0.25, 0.3) is 5.91 Å². The van der Waals surface area contributed by atoms with Crippen molar-refractivity contribution >= 4 is 34.4 Å². The van der Waals surface area contributed by atoms with Crippen molar-refractivity contribution in [2.75, 3.05) is 7.11 Å². The van der Waals surface area contributed by atoms with Gasteiger partial charge in [0.2, 0.25) is 0 Å². The van der Waals surface area contributed by atoms with Crippen molar-refractivity contribution in [3.63, 3.8) is 0 Å². The average molecular weight is 387 g/mol. The molecule has 0 unspecified atom stereocenters. The van der Waals surface area contributed by atoms with Gasteiger partial charge in [-0.1, -0.05) is 30.3 Å². The van der Waals surface area contributed by atoms with Crippen LogP contribution in [0, 0.1) is 0 Å². The zero-order chi connectivity index (χ0) is 19.3. The van der Waals surface area contributed by atoms with Crippen LogP contribution in [0.25, 0.3) is 22.2 Å². The van der Waals surface area contributed by atoms with Crippen LogP contribution in [-0.2, 0) is 0 Å². The Morgan fingerprint density at radius 3 is 2.79 bits per heavy atom. The monoisotopic (exact) mass is 387 g/mol. The van der Waals surface area contributed by atoms with Gasteiger partial charge in [0.15, 0.2) is 0 Å². The molecule has 6 heteroatoms. The van der Waals surface area contributed by atoms with E-state index in [0.717, 1.165) is 22.0 Å². The minimum absolute atomic E-state index is 0.291. The number of nitrogens with zero attached hydrogens (tertiary/aromatic N) is 2. The number of carbonyl (C=O) groups is 1. The first-order valence-corrected chi connectivity index (χ1v) is 9.59. The van der Waals surface area contributed by atoms with Crippen molar-refractivity contribution in [2.24, 2.45) is 5.10 Å². The maximum atomic E-state index is 12.8. The molecule has 0 atom stereocenters. The molecule has 4 aromatic rings.